The molecular formula is C20H22N2O3S. The van der Waals surface area contributed by atoms with E-state index in [4.69, 9.17) is 9.47 Å². The molecule has 1 amide bonds. The van der Waals surface area contributed by atoms with Crippen LogP contribution in [-0.4, -0.2) is 31.6 Å². The summed E-state index contributed by atoms with van der Waals surface area (Å²) in [4.78, 5) is 11.8. The standard InChI is InChI=1S/C20H22N2O3S/c1-3-11-25-19-6-4-5-17(12-19)13-21-22-20(23)15-26-14-16-7-9-18(24-2)10-8-16/h3-10,12-13H,1,11,14-15H2,2H3,(H,22,23)/b21-13+. The van der Waals surface area contributed by atoms with Crippen molar-refractivity contribution in [2.24, 2.45) is 5.10 Å². The lowest BCUT2D eigenvalue weighted by atomic mass is 10.2. The normalized spacial score (nSPS) is 10.5. The maximum absolute atomic E-state index is 11.8. The van der Waals surface area contributed by atoms with E-state index in [0.717, 1.165) is 28.4 Å². The lowest BCUT2D eigenvalue weighted by molar-refractivity contribution is -0.118. The summed E-state index contributed by atoms with van der Waals surface area (Å²) in [6.07, 6.45) is 3.28. The van der Waals surface area contributed by atoms with E-state index >= 15 is 0 Å². The van der Waals surface area contributed by atoms with E-state index in [1.807, 2.05) is 48.5 Å². The second kappa shape index (κ2) is 11.0. The van der Waals surface area contributed by atoms with Gasteiger partial charge in [-0.15, -0.1) is 11.8 Å². The summed E-state index contributed by atoms with van der Waals surface area (Å²) in [5, 5.41) is 3.98. The lowest BCUT2D eigenvalue weighted by Gasteiger charge is -2.04. The minimum Gasteiger partial charge on any atom is -0.497 e. The van der Waals surface area contributed by atoms with Crippen molar-refractivity contribution in [2.75, 3.05) is 19.5 Å². The molecule has 0 fully saturated rings. The van der Waals surface area contributed by atoms with Gasteiger partial charge < -0.3 is 9.47 Å². The van der Waals surface area contributed by atoms with Crippen molar-refractivity contribution in [3.8, 4) is 11.5 Å². The van der Waals surface area contributed by atoms with Gasteiger partial charge in [0.15, 0.2) is 0 Å². The van der Waals surface area contributed by atoms with Crippen molar-refractivity contribution in [1.82, 2.24) is 5.43 Å². The molecule has 0 unspecified atom stereocenters. The molecular weight excluding hydrogens is 348 g/mol. The second-order valence-corrected chi connectivity index (χ2v) is 6.29. The highest BCUT2D eigenvalue weighted by Gasteiger charge is 2.01. The molecule has 136 valence electrons. The maximum atomic E-state index is 11.8. The van der Waals surface area contributed by atoms with Crippen molar-refractivity contribution in [2.45, 2.75) is 5.75 Å². The number of hydrogen-bond donors (Lipinski definition) is 1. The van der Waals surface area contributed by atoms with Gasteiger partial charge in [-0.2, -0.15) is 5.10 Å². The summed E-state index contributed by atoms with van der Waals surface area (Å²) in [7, 11) is 1.64. The monoisotopic (exact) mass is 370 g/mol. The zero-order valence-electron chi connectivity index (χ0n) is 14.7. The molecule has 0 radical (unpaired) electrons. The first-order chi connectivity index (χ1) is 12.7. The Morgan fingerprint density at radius 2 is 2.04 bits per heavy atom. The van der Waals surface area contributed by atoms with Crippen LogP contribution in [0.4, 0.5) is 0 Å². The van der Waals surface area contributed by atoms with Gasteiger partial charge in [-0.05, 0) is 35.4 Å². The summed E-state index contributed by atoms with van der Waals surface area (Å²) in [6, 6.07) is 15.3. The number of nitrogens with zero attached hydrogens (tertiary/aromatic N) is 1. The van der Waals surface area contributed by atoms with Crippen molar-refractivity contribution in [1.29, 1.82) is 0 Å². The number of ether oxygens (including phenoxy) is 2. The molecule has 2 rings (SSSR count). The largest absolute Gasteiger partial charge is 0.497 e. The highest BCUT2D eigenvalue weighted by molar-refractivity contribution is 7.99. The molecule has 2 aromatic carbocycles. The summed E-state index contributed by atoms with van der Waals surface area (Å²) in [5.41, 5.74) is 4.52. The molecule has 6 heteroatoms. The van der Waals surface area contributed by atoms with Crippen molar-refractivity contribution >= 4 is 23.9 Å². The molecule has 0 saturated heterocycles. The van der Waals surface area contributed by atoms with Crippen LogP contribution in [0.15, 0.2) is 66.3 Å². The van der Waals surface area contributed by atoms with Crippen LogP contribution in [0.3, 0.4) is 0 Å². The SMILES string of the molecule is C=CCOc1cccc(/C=N/NC(=O)CSCc2ccc(OC)cc2)c1. The van der Waals surface area contributed by atoms with Crippen LogP contribution < -0.4 is 14.9 Å². The summed E-state index contributed by atoms with van der Waals surface area (Å²) < 4.78 is 10.6. The van der Waals surface area contributed by atoms with Crippen molar-refractivity contribution in [3.05, 3.63) is 72.3 Å². The average molecular weight is 370 g/mol. The predicted octanol–water partition coefficient (Wildman–Crippen LogP) is 3.64. The number of nitrogens with one attached hydrogen (secondary N) is 1. The van der Waals surface area contributed by atoms with Crippen molar-refractivity contribution < 1.29 is 14.3 Å². The number of hydrogen-bond acceptors (Lipinski definition) is 5. The van der Waals surface area contributed by atoms with Crippen LogP contribution in [0.25, 0.3) is 0 Å². The number of benzene rings is 2. The van der Waals surface area contributed by atoms with Crippen LogP contribution in [0.2, 0.25) is 0 Å². The van der Waals surface area contributed by atoms with Gasteiger partial charge in [-0.25, -0.2) is 5.43 Å². The molecule has 0 atom stereocenters. The van der Waals surface area contributed by atoms with Gasteiger partial charge in [0.1, 0.15) is 18.1 Å². The third-order valence-electron chi connectivity index (χ3n) is 3.29. The van der Waals surface area contributed by atoms with E-state index in [-0.39, 0.29) is 5.91 Å². The fraction of sp³-hybridized carbons (Fsp3) is 0.200. The molecule has 1 N–H and O–H groups in total. The van der Waals surface area contributed by atoms with Gasteiger partial charge in [0, 0.05) is 5.75 Å². The Balaban J connectivity index is 1.72. The highest BCUT2D eigenvalue weighted by Crippen LogP contribution is 2.16. The third kappa shape index (κ3) is 7.03. The highest BCUT2D eigenvalue weighted by atomic mass is 32.2. The first kappa shape index (κ1) is 19.6. The quantitative estimate of drug-likeness (QED) is 0.394. The molecule has 0 spiro atoms. The topological polar surface area (TPSA) is 59.9 Å². The molecule has 0 heterocycles. The number of carbonyl (C=O) groups is 1. The van der Waals surface area contributed by atoms with E-state index in [2.05, 4.69) is 17.1 Å². The molecule has 2 aromatic rings. The van der Waals surface area contributed by atoms with Gasteiger partial charge >= 0.3 is 0 Å². The van der Waals surface area contributed by atoms with E-state index in [0.29, 0.717) is 12.4 Å². The Hall–Kier alpha value is -2.73. The number of methoxy groups -OCH3 is 1. The zero-order valence-corrected chi connectivity index (χ0v) is 15.5. The Kier molecular flexibility index (Phi) is 8.29. The Labute approximate surface area is 158 Å². The van der Waals surface area contributed by atoms with E-state index in [1.54, 1.807) is 19.4 Å². The molecule has 0 aliphatic heterocycles. The first-order valence-electron chi connectivity index (χ1n) is 8.07. The summed E-state index contributed by atoms with van der Waals surface area (Å²) in [5.74, 6) is 2.51. The summed E-state index contributed by atoms with van der Waals surface area (Å²) >= 11 is 1.53. The zero-order chi connectivity index (χ0) is 18.6. The fourth-order valence-corrected chi connectivity index (χ4v) is 2.81. The van der Waals surface area contributed by atoms with Crippen LogP contribution in [0, 0.1) is 0 Å². The fourth-order valence-electron chi connectivity index (χ4n) is 2.03. The predicted molar refractivity (Wildman–Crippen MR) is 107 cm³/mol. The van der Waals surface area contributed by atoms with Crippen LogP contribution in [0.1, 0.15) is 11.1 Å². The average Bonchev–Trinajstić information content (AvgIpc) is 2.67. The molecule has 0 aliphatic carbocycles. The molecule has 26 heavy (non-hydrogen) atoms. The van der Waals surface area contributed by atoms with E-state index < -0.39 is 0 Å². The Bertz CT molecular complexity index is 745. The minimum atomic E-state index is -0.140. The minimum absolute atomic E-state index is 0.140. The van der Waals surface area contributed by atoms with Crippen molar-refractivity contribution in [3.63, 3.8) is 0 Å². The van der Waals surface area contributed by atoms with Crippen LogP contribution >= 0.6 is 11.8 Å². The van der Waals surface area contributed by atoms with E-state index in [1.165, 1.54) is 11.8 Å². The number of carbonyl (C=O) groups excluding carboxylic acids is 1. The lowest BCUT2D eigenvalue weighted by Crippen LogP contribution is -2.19. The van der Waals surface area contributed by atoms with Gasteiger partial charge in [0.05, 0.1) is 19.1 Å². The third-order valence-corrected chi connectivity index (χ3v) is 4.29. The number of hydrazone groups is 1. The second-order valence-electron chi connectivity index (χ2n) is 5.31. The Morgan fingerprint density at radius 3 is 2.77 bits per heavy atom. The van der Waals surface area contributed by atoms with Crippen LogP contribution in [-0.2, 0) is 10.5 Å². The maximum Gasteiger partial charge on any atom is 0.250 e. The number of rotatable bonds is 10. The Morgan fingerprint density at radius 1 is 1.23 bits per heavy atom. The smallest absolute Gasteiger partial charge is 0.250 e. The van der Waals surface area contributed by atoms with Gasteiger partial charge in [0.25, 0.3) is 0 Å². The molecule has 0 bridgehead atoms. The van der Waals surface area contributed by atoms with E-state index in [9.17, 15) is 4.79 Å². The van der Waals surface area contributed by atoms with Gasteiger partial charge in [0.2, 0.25) is 5.91 Å². The molecule has 5 nitrogen and oxygen atoms in total. The molecule has 0 aromatic heterocycles. The summed E-state index contributed by atoms with van der Waals surface area (Å²) in [6.45, 7) is 4.06. The number of amides is 1. The van der Waals surface area contributed by atoms with Gasteiger partial charge in [-0.3, -0.25) is 4.79 Å². The van der Waals surface area contributed by atoms with Crippen LogP contribution in [0.5, 0.6) is 11.5 Å². The number of thioether (sulfide) groups is 1. The molecule has 0 saturated carbocycles. The first-order valence-corrected chi connectivity index (χ1v) is 9.23. The van der Waals surface area contributed by atoms with Gasteiger partial charge in [-0.1, -0.05) is 36.9 Å². The molecule has 0 aliphatic rings.